The molecule has 0 aliphatic carbocycles. The van der Waals surface area contributed by atoms with Crippen molar-refractivity contribution in [2.75, 3.05) is 0 Å². The molecule has 31 heavy (non-hydrogen) atoms. The van der Waals surface area contributed by atoms with Crippen LogP contribution in [0.2, 0.25) is 5.02 Å². The van der Waals surface area contributed by atoms with Crippen molar-refractivity contribution in [1.82, 2.24) is 9.47 Å². The van der Waals surface area contributed by atoms with Gasteiger partial charge in [-0.05, 0) is 49.1 Å². The SMILES string of the molecule is CCCCCCCCCC(=O)N(Cc1cccn1Cc1cccc(Cl)c1)C(C)C(C)C. The van der Waals surface area contributed by atoms with Crippen molar-refractivity contribution in [2.45, 2.75) is 98.2 Å². The van der Waals surface area contributed by atoms with E-state index in [1.807, 2.05) is 18.2 Å². The van der Waals surface area contributed by atoms with Gasteiger partial charge in [-0.1, -0.05) is 83.0 Å². The zero-order chi connectivity index (χ0) is 22.6. The highest BCUT2D eigenvalue weighted by molar-refractivity contribution is 6.30. The summed E-state index contributed by atoms with van der Waals surface area (Å²) >= 11 is 6.16. The topological polar surface area (TPSA) is 25.2 Å². The van der Waals surface area contributed by atoms with Crippen molar-refractivity contribution < 1.29 is 4.79 Å². The highest BCUT2D eigenvalue weighted by Gasteiger charge is 2.23. The number of benzene rings is 1. The third-order valence-electron chi connectivity index (χ3n) is 6.27. The second-order valence-corrected chi connectivity index (χ2v) is 9.57. The van der Waals surface area contributed by atoms with Crippen LogP contribution in [0.5, 0.6) is 0 Å². The van der Waals surface area contributed by atoms with E-state index in [1.165, 1.54) is 43.4 Å². The molecular formula is C27H41ClN2O. The van der Waals surface area contributed by atoms with E-state index in [2.05, 4.69) is 61.6 Å². The summed E-state index contributed by atoms with van der Waals surface area (Å²) in [6, 6.07) is 12.4. The van der Waals surface area contributed by atoms with E-state index in [-0.39, 0.29) is 11.9 Å². The number of amides is 1. The number of rotatable bonds is 14. The van der Waals surface area contributed by atoms with Gasteiger partial charge in [-0.2, -0.15) is 0 Å². The van der Waals surface area contributed by atoms with Gasteiger partial charge in [0.15, 0.2) is 0 Å². The molecule has 0 N–H and O–H groups in total. The Bertz CT molecular complexity index is 783. The fraction of sp³-hybridized carbons (Fsp3) is 0.593. The molecule has 0 saturated heterocycles. The third-order valence-corrected chi connectivity index (χ3v) is 6.50. The second-order valence-electron chi connectivity index (χ2n) is 9.13. The van der Waals surface area contributed by atoms with E-state index in [4.69, 9.17) is 11.6 Å². The Hall–Kier alpha value is -1.74. The minimum Gasteiger partial charge on any atom is -0.345 e. The van der Waals surface area contributed by atoms with Crippen LogP contribution < -0.4 is 0 Å². The Kier molecular flexibility index (Phi) is 11.2. The lowest BCUT2D eigenvalue weighted by Crippen LogP contribution is -2.41. The first kappa shape index (κ1) is 25.5. The zero-order valence-corrected chi connectivity index (χ0v) is 20.7. The molecule has 1 amide bonds. The standard InChI is InChI=1S/C27H41ClN2O/c1-5-6-7-8-9-10-11-17-27(31)30(23(4)22(2)3)21-26-16-13-18-29(26)20-24-14-12-15-25(28)19-24/h12-16,18-19,22-23H,5-11,17,20-21H2,1-4H3. The van der Waals surface area contributed by atoms with Crippen molar-refractivity contribution in [2.24, 2.45) is 5.92 Å². The molecule has 1 unspecified atom stereocenters. The van der Waals surface area contributed by atoms with Gasteiger partial charge in [0.25, 0.3) is 0 Å². The van der Waals surface area contributed by atoms with Crippen LogP contribution in [0, 0.1) is 5.92 Å². The van der Waals surface area contributed by atoms with E-state index in [1.54, 1.807) is 0 Å². The molecular weight excluding hydrogens is 404 g/mol. The van der Waals surface area contributed by atoms with E-state index in [9.17, 15) is 4.79 Å². The second kappa shape index (κ2) is 13.6. The molecule has 2 rings (SSSR count). The number of nitrogens with zero attached hydrogens (tertiary/aromatic N) is 2. The highest BCUT2D eigenvalue weighted by Crippen LogP contribution is 2.20. The number of hydrogen-bond donors (Lipinski definition) is 0. The van der Waals surface area contributed by atoms with Gasteiger partial charge in [0.2, 0.25) is 5.91 Å². The molecule has 0 saturated carbocycles. The lowest BCUT2D eigenvalue weighted by molar-refractivity contribution is -0.135. The maximum atomic E-state index is 13.2. The summed E-state index contributed by atoms with van der Waals surface area (Å²) < 4.78 is 2.23. The summed E-state index contributed by atoms with van der Waals surface area (Å²) in [4.78, 5) is 15.3. The minimum absolute atomic E-state index is 0.214. The number of aromatic nitrogens is 1. The van der Waals surface area contributed by atoms with Crippen LogP contribution >= 0.6 is 11.6 Å². The number of carbonyl (C=O) groups excluding carboxylic acids is 1. The molecule has 1 aromatic heterocycles. The van der Waals surface area contributed by atoms with Crippen molar-refractivity contribution in [3.8, 4) is 0 Å². The smallest absolute Gasteiger partial charge is 0.223 e. The quantitative estimate of drug-likeness (QED) is 0.274. The third kappa shape index (κ3) is 8.73. The van der Waals surface area contributed by atoms with Gasteiger partial charge >= 0.3 is 0 Å². The molecule has 0 bridgehead atoms. The molecule has 172 valence electrons. The molecule has 2 aromatic rings. The summed E-state index contributed by atoms with van der Waals surface area (Å²) in [5.41, 5.74) is 2.34. The summed E-state index contributed by atoms with van der Waals surface area (Å²) in [6.07, 6.45) is 11.4. The molecule has 1 aromatic carbocycles. The van der Waals surface area contributed by atoms with Crippen LogP contribution in [0.4, 0.5) is 0 Å². The molecule has 0 radical (unpaired) electrons. The van der Waals surface area contributed by atoms with E-state index in [0.29, 0.717) is 18.9 Å². The first-order valence-corrected chi connectivity index (χ1v) is 12.5. The van der Waals surface area contributed by atoms with Gasteiger partial charge in [-0.15, -0.1) is 0 Å². The van der Waals surface area contributed by atoms with Crippen LogP contribution in [0.3, 0.4) is 0 Å². The van der Waals surface area contributed by atoms with Crippen LogP contribution in [-0.4, -0.2) is 21.4 Å². The molecule has 0 spiro atoms. The van der Waals surface area contributed by atoms with Crippen molar-refractivity contribution in [1.29, 1.82) is 0 Å². The molecule has 0 aliphatic heterocycles. The maximum absolute atomic E-state index is 13.2. The first-order chi connectivity index (χ1) is 14.9. The fourth-order valence-electron chi connectivity index (χ4n) is 3.95. The minimum atomic E-state index is 0.214. The van der Waals surface area contributed by atoms with Gasteiger partial charge in [-0.3, -0.25) is 4.79 Å². The van der Waals surface area contributed by atoms with Gasteiger partial charge in [-0.25, -0.2) is 0 Å². The summed E-state index contributed by atoms with van der Waals surface area (Å²) in [6.45, 7) is 10.2. The van der Waals surface area contributed by atoms with Gasteiger partial charge in [0.05, 0.1) is 6.54 Å². The van der Waals surface area contributed by atoms with E-state index in [0.717, 1.165) is 24.4 Å². The van der Waals surface area contributed by atoms with Gasteiger partial charge in [0, 0.05) is 35.9 Å². The lowest BCUT2D eigenvalue weighted by atomic mass is 10.0. The zero-order valence-electron chi connectivity index (χ0n) is 19.9. The number of unbranched alkanes of at least 4 members (excludes halogenated alkanes) is 6. The largest absolute Gasteiger partial charge is 0.345 e. The average Bonchev–Trinajstić information content (AvgIpc) is 3.17. The Morgan fingerprint density at radius 2 is 1.71 bits per heavy atom. The molecule has 0 fully saturated rings. The van der Waals surface area contributed by atoms with Crippen molar-refractivity contribution >= 4 is 17.5 Å². The van der Waals surface area contributed by atoms with Crippen LogP contribution in [-0.2, 0) is 17.9 Å². The van der Waals surface area contributed by atoms with Crippen molar-refractivity contribution in [3.05, 3.63) is 58.9 Å². The fourth-order valence-corrected chi connectivity index (χ4v) is 4.16. The van der Waals surface area contributed by atoms with E-state index >= 15 is 0 Å². The average molecular weight is 445 g/mol. The van der Waals surface area contributed by atoms with Crippen LogP contribution in [0.25, 0.3) is 0 Å². The highest BCUT2D eigenvalue weighted by atomic mass is 35.5. The van der Waals surface area contributed by atoms with E-state index < -0.39 is 0 Å². The predicted octanol–water partition coefficient (Wildman–Crippen LogP) is 7.70. The maximum Gasteiger partial charge on any atom is 0.223 e. The number of halogens is 1. The molecule has 1 heterocycles. The normalized spacial score (nSPS) is 12.3. The Morgan fingerprint density at radius 3 is 2.39 bits per heavy atom. The Labute approximate surface area is 194 Å². The Morgan fingerprint density at radius 1 is 1.00 bits per heavy atom. The van der Waals surface area contributed by atoms with Gasteiger partial charge < -0.3 is 9.47 Å². The summed E-state index contributed by atoms with van der Waals surface area (Å²) in [7, 11) is 0. The molecule has 3 nitrogen and oxygen atoms in total. The van der Waals surface area contributed by atoms with Gasteiger partial charge in [0.1, 0.15) is 0 Å². The Balaban J connectivity index is 1.98. The number of carbonyl (C=O) groups is 1. The summed E-state index contributed by atoms with van der Waals surface area (Å²) in [5.74, 6) is 0.708. The molecule has 1 atom stereocenters. The van der Waals surface area contributed by atoms with Crippen LogP contribution in [0.15, 0.2) is 42.6 Å². The molecule has 4 heteroatoms. The summed E-state index contributed by atoms with van der Waals surface area (Å²) in [5, 5.41) is 0.756. The predicted molar refractivity (Wildman–Crippen MR) is 132 cm³/mol. The number of hydrogen-bond acceptors (Lipinski definition) is 1. The van der Waals surface area contributed by atoms with Crippen molar-refractivity contribution in [3.63, 3.8) is 0 Å². The molecule has 0 aliphatic rings. The monoisotopic (exact) mass is 444 g/mol. The lowest BCUT2D eigenvalue weighted by Gasteiger charge is -2.32. The first-order valence-electron chi connectivity index (χ1n) is 12.1. The van der Waals surface area contributed by atoms with Crippen LogP contribution in [0.1, 0.15) is 90.3 Å².